The number of hydrogen-bond donors (Lipinski definition) is 1. The van der Waals surface area contributed by atoms with Crippen molar-refractivity contribution >= 4 is 27.5 Å². The molecule has 0 aliphatic rings. The van der Waals surface area contributed by atoms with Crippen LogP contribution in [0.1, 0.15) is 5.56 Å². The van der Waals surface area contributed by atoms with Crippen LogP contribution in [-0.4, -0.2) is 20.2 Å². The summed E-state index contributed by atoms with van der Waals surface area (Å²) in [5.41, 5.74) is -4.70. The van der Waals surface area contributed by atoms with Crippen LogP contribution in [0.3, 0.4) is 0 Å². The quantitative estimate of drug-likeness (QED) is 0.870. The van der Waals surface area contributed by atoms with Gasteiger partial charge in [-0.1, -0.05) is 0 Å². The molecule has 0 amide bonds. The number of rotatable bonds is 3. The molecule has 0 radical (unpaired) electrons. The molecule has 0 bridgehead atoms. The predicted octanol–water partition coefficient (Wildman–Crippen LogP) is 2.54. The van der Waals surface area contributed by atoms with Gasteiger partial charge in [0.25, 0.3) is 0 Å². The molecule has 98 valence electrons. The molecule has 0 atom stereocenters. The zero-order chi connectivity index (χ0) is 14.0. The highest BCUT2D eigenvalue weighted by molar-refractivity contribution is 8.00. The molecule has 0 aliphatic carbocycles. The summed E-state index contributed by atoms with van der Waals surface area (Å²) < 4.78 is 60.5. The van der Waals surface area contributed by atoms with Crippen molar-refractivity contribution in [1.82, 2.24) is 0 Å². The molecular formula is C9H7F3N2O2S2. The second-order valence-corrected chi connectivity index (χ2v) is 6.13. The Bertz CT molecular complexity index is 591. The Morgan fingerprint density at radius 3 is 2.44 bits per heavy atom. The van der Waals surface area contributed by atoms with Crippen molar-refractivity contribution in [3.05, 3.63) is 23.8 Å². The summed E-state index contributed by atoms with van der Waals surface area (Å²) in [5.74, 6) is 0. The highest BCUT2D eigenvalue weighted by Crippen LogP contribution is 2.38. The summed E-state index contributed by atoms with van der Waals surface area (Å²) in [4.78, 5) is -0.201. The van der Waals surface area contributed by atoms with E-state index in [-0.39, 0.29) is 27.9 Å². The Morgan fingerprint density at radius 1 is 1.39 bits per heavy atom. The van der Waals surface area contributed by atoms with Crippen LogP contribution in [0.15, 0.2) is 23.1 Å². The highest BCUT2D eigenvalue weighted by atomic mass is 32.2. The summed E-state index contributed by atoms with van der Waals surface area (Å²) in [5, 5.41) is 8.72. The van der Waals surface area contributed by atoms with Crippen molar-refractivity contribution in [1.29, 1.82) is 5.26 Å². The fourth-order valence-electron chi connectivity index (χ4n) is 1.10. The van der Waals surface area contributed by atoms with E-state index >= 15 is 0 Å². The lowest BCUT2D eigenvalue weighted by Crippen LogP contribution is -2.11. The van der Waals surface area contributed by atoms with Crippen LogP contribution in [0.2, 0.25) is 0 Å². The number of alkyl halides is 3. The number of hydrogen-bond acceptors (Lipinski definition) is 4. The summed E-state index contributed by atoms with van der Waals surface area (Å²) in [6, 6.07) is 4.89. The maximum absolute atomic E-state index is 12.2. The maximum atomic E-state index is 12.2. The Balaban J connectivity index is 3.15. The SMILES string of the molecule is CS(=O)(=O)Nc1cc(SC(F)(F)F)ccc1C#N. The third-order valence-electron chi connectivity index (χ3n) is 1.64. The van der Waals surface area contributed by atoms with Gasteiger partial charge >= 0.3 is 5.51 Å². The summed E-state index contributed by atoms with van der Waals surface area (Å²) in [6.45, 7) is 0. The zero-order valence-electron chi connectivity index (χ0n) is 8.95. The van der Waals surface area contributed by atoms with Gasteiger partial charge in [-0.15, -0.1) is 0 Å². The van der Waals surface area contributed by atoms with Crippen molar-refractivity contribution < 1.29 is 21.6 Å². The number of sulfonamides is 1. The van der Waals surface area contributed by atoms with E-state index in [9.17, 15) is 21.6 Å². The molecule has 0 spiro atoms. The second kappa shape index (κ2) is 5.07. The molecule has 1 aromatic carbocycles. The molecule has 0 aliphatic heterocycles. The van der Waals surface area contributed by atoms with Gasteiger partial charge < -0.3 is 0 Å². The molecular weight excluding hydrogens is 289 g/mol. The molecule has 9 heteroatoms. The number of anilines is 1. The Kier molecular flexibility index (Phi) is 4.13. The molecule has 0 saturated carbocycles. The standard InChI is InChI=1S/C9H7F3N2O2S2/c1-18(15,16)14-8-4-7(17-9(10,11)12)3-2-6(8)5-13/h2-4,14H,1H3. The van der Waals surface area contributed by atoms with Crippen LogP contribution in [0, 0.1) is 11.3 Å². The van der Waals surface area contributed by atoms with E-state index in [2.05, 4.69) is 0 Å². The van der Waals surface area contributed by atoms with Gasteiger partial charge in [-0.2, -0.15) is 18.4 Å². The molecule has 1 aromatic rings. The molecule has 0 fully saturated rings. The Labute approximate surface area is 106 Å². The number of nitrogens with one attached hydrogen (secondary N) is 1. The summed E-state index contributed by atoms with van der Waals surface area (Å²) in [6.07, 6.45) is 0.845. The molecule has 1 N–H and O–H groups in total. The van der Waals surface area contributed by atoms with E-state index in [1.165, 1.54) is 0 Å². The lowest BCUT2D eigenvalue weighted by molar-refractivity contribution is -0.0328. The average Bonchev–Trinajstić information content (AvgIpc) is 2.12. The van der Waals surface area contributed by atoms with Crippen LogP contribution < -0.4 is 4.72 Å². The fraction of sp³-hybridized carbons (Fsp3) is 0.222. The van der Waals surface area contributed by atoms with Crippen molar-refractivity contribution in [2.24, 2.45) is 0 Å². The minimum Gasteiger partial charge on any atom is -0.282 e. The first kappa shape index (κ1) is 14.7. The largest absolute Gasteiger partial charge is 0.446 e. The van der Waals surface area contributed by atoms with Gasteiger partial charge in [0.05, 0.1) is 17.5 Å². The number of nitriles is 1. The molecule has 4 nitrogen and oxygen atoms in total. The Morgan fingerprint density at radius 2 is 2.00 bits per heavy atom. The third-order valence-corrected chi connectivity index (χ3v) is 2.95. The van der Waals surface area contributed by atoms with Gasteiger partial charge in [0, 0.05) is 4.90 Å². The highest BCUT2D eigenvalue weighted by Gasteiger charge is 2.29. The molecule has 0 aromatic heterocycles. The lowest BCUT2D eigenvalue weighted by atomic mass is 10.2. The number of benzene rings is 1. The summed E-state index contributed by atoms with van der Waals surface area (Å²) in [7, 11) is -3.66. The molecule has 0 unspecified atom stereocenters. The van der Waals surface area contributed by atoms with Crippen LogP contribution in [0.4, 0.5) is 18.9 Å². The monoisotopic (exact) mass is 296 g/mol. The first-order valence-corrected chi connectivity index (χ1v) is 7.09. The smallest absolute Gasteiger partial charge is 0.282 e. The number of nitrogens with zero attached hydrogens (tertiary/aromatic N) is 1. The normalized spacial score (nSPS) is 11.9. The van der Waals surface area contributed by atoms with Crippen molar-refractivity contribution in [2.75, 3.05) is 11.0 Å². The topological polar surface area (TPSA) is 70.0 Å². The van der Waals surface area contributed by atoms with Gasteiger partial charge in [0.1, 0.15) is 6.07 Å². The van der Waals surface area contributed by atoms with E-state index < -0.39 is 15.5 Å². The van der Waals surface area contributed by atoms with Gasteiger partial charge in [-0.05, 0) is 30.0 Å². The summed E-state index contributed by atoms with van der Waals surface area (Å²) >= 11 is -0.384. The van der Waals surface area contributed by atoms with Crippen LogP contribution in [0.5, 0.6) is 0 Å². The van der Waals surface area contributed by atoms with E-state index in [4.69, 9.17) is 5.26 Å². The van der Waals surface area contributed by atoms with E-state index in [1.54, 1.807) is 6.07 Å². The minimum absolute atomic E-state index is 0.0491. The molecule has 0 saturated heterocycles. The first-order valence-electron chi connectivity index (χ1n) is 4.38. The van der Waals surface area contributed by atoms with Gasteiger partial charge in [-0.3, -0.25) is 4.72 Å². The lowest BCUT2D eigenvalue weighted by Gasteiger charge is -2.09. The van der Waals surface area contributed by atoms with E-state index in [0.29, 0.717) is 0 Å². The van der Waals surface area contributed by atoms with Crippen LogP contribution in [0.25, 0.3) is 0 Å². The van der Waals surface area contributed by atoms with E-state index in [0.717, 1.165) is 24.5 Å². The molecule has 18 heavy (non-hydrogen) atoms. The van der Waals surface area contributed by atoms with Crippen molar-refractivity contribution in [2.45, 2.75) is 10.4 Å². The van der Waals surface area contributed by atoms with Crippen LogP contribution >= 0.6 is 11.8 Å². The van der Waals surface area contributed by atoms with Gasteiger partial charge in [0.15, 0.2) is 0 Å². The van der Waals surface area contributed by atoms with Crippen molar-refractivity contribution in [3.63, 3.8) is 0 Å². The fourth-order valence-corrected chi connectivity index (χ4v) is 2.25. The maximum Gasteiger partial charge on any atom is 0.446 e. The van der Waals surface area contributed by atoms with Crippen molar-refractivity contribution in [3.8, 4) is 6.07 Å². The predicted molar refractivity (Wildman–Crippen MR) is 61.5 cm³/mol. The third kappa shape index (κ3) is 4.85. The van der Waals surface area contributed by atoms with Crippen LogP contribution in [-0.2, 0) is 10.0 Å². The number of halogens is 3. The molecule has 1 rings (SSSR count). The second-order valence-electron chi connectivity index (χ2n) is 3.24. The van der Waals surface area contributed by atoms with Gasteiger partial charge in [-0.25, -0.2) is 8.42 Å². The minimum atomic E-state index is -4.48. The molecule has 0 heterocycles. The first-order chi connectivity index (χ1) is 8.11. The Hall–Kier alpha value is -1.40. The van der Waals surface area contributed by atoms with E-state index in [1.807, 2.05) is 4.72 Å². The zero-order valence-corrected chi connectivity index (χ0v) is 10.6. The van der Waals surface area contributed by atoms with Gasteiger partial charge in [0.2, 0.25) is 10.0 Å². The average molecular weight is 296 g/mol. The number of thioether (sulfide) groups is 1.